The van der Waals surface area contributed by atoms with Crippen molar-refractivity contribution in [2.45, 2.75) is 27.3 Å². The van der Waals surface area contributed by atoms with Crippen molar-refractivity contribution in [3.05, 3.63) is 17.5 Å². The summed E-state index contributed by atoms with van der Waals surface area (Å²) in [6, 6.07) is 0. The lowest BCUT2D eigenvalue weighted by Gasteiger charge is -2.04. The van der Waals surface area contributed by atoms with E-state index in [0.717, 1.165) is 5.69 Å². The minimum absolute atomic E-state index is 0.0536. The molecule has 0 spiro atoms. The summed E-state index contributed by atoms with van der Waals surface area (Å²) in [5.41, 5.74) is 1.27. The van der Waals surface area contributed by atoms with Crippen molar-refractivity contribution in [2.24, 2.45) is 0 Å². The van der Waals surface area contributed by atoms with E-state index in [1.807, 2.05) is 0 Å². The van der Waals surface area contributed by atoms with E-state index in [0.29, 0.717) is 12.1 Å². The van der Waals surface area contributed by atoms with Gasteiger partial charge in [0.05, 0.1) is 24.1 Å². The lowest BCUT2D eigenvalue weighted by Crippen LogP contribution is -2.16. The quantitative estimate of drug-likeness (QED) is 0.719. The lowest BCUT2D eigenvalue weighted by atomic mass is 10.2. The number of sulfone groups is 1. The van der Waals surface area contributed by atoms with Crippen molar-refractivity contribution in [1.82, 2.24) is 9.78 Å². The fraction of sp³-hybridized carbons (Fsp3) is 0.600. The number of nitrogens with zero attached hydrogens (tertiary/aromatic N) is 2. The largest absolute Gasteiger partial charge is 0.294 e. The monoisotopic (exact) mass is 244 g/mol. The zero-order chi connectivity index (χ0) is 12.3. The zero-order valence-corrected chi connectivity index (χ0v) is 10.5. The van der Waals surface area contributed by atoms with E-state index in [2.05, 4.69) is 5.10 Å². The van der Waals surface area contributed by atoms with Gasteiger partial charge in [0.1, 0.15) is 0 Å². The average Bonchev–Trinajstić information content (AvgIpc) is 2.57. The third kappa shape index (κ3) is 2.91. The molecule has 16 heavy (non-hydrogen) atoms. The summed E-state index contributed by atoms with van der Waals surface area (Å²) in [7, 11) is -2.99. The molecule has 0 bridgehead atoms. The Morgan fingerprint density at radius 1 is 1.50 bits per heavy atom. The van der Waals surface area contributed by atoms with Crippen LogP contribution >= 0.6 is 0 Å². The molecule has 1 heterocycles. The predicted molar refractivity (Wildman–Crippen MR) is 61.3 cm³/mol. The Hall–Kier alpha value is -1.17. The van der Waals surface area contributed by atoms with E-state index in [9.17, 15) is 13.2 Å². The molecule has 1 rings (SSSR count). The summed E-state index contributed by atoms with van der Waals surface area (Å²) in [4.78, 5) is 11.2. The van der Waals surface area contributed by atoms with Gasteiger partial charge >= 0.3 is 0 Å². The Morgan fingerprint density at radius 2 is 2.12 bits per heavy atom. The maximum Gasteiger partial charge on any atom is 0.163 e. The molecule has 5 nitrogen and oxygen atoms in total. The second kappa shape index (κ2) is 4.78. The molecule has 0 aromatic carbocycles. The molecule has 0 aliphatic heterocycles. The van der Waals surface area contributed by atoms with Gasteiger partial charge in [-0.2, -0.15) is 5.10 Å². The standard InChI is InChI=1S/C10H16N2O3S/c1-4-16(14,15)6-5-12-8(2)10(7-11-12)9(3)13/h7H,4-6H2,1-3H3. The molecule has 0 amide bonds. The molecular formula is C10H16N2O3S. The topological polar surface area (TPSA) is 69.0 Å². The van der Waals surface area contributed by atoms with Gasteiger partial charge < -0.3 is 0 Å². The molecule has 0 N–H and O–H groups in total. The number of aryl methyl sites for hydroxylation is 1. The summed E-state index contributed by atoms with van der Waals surface area (Å²) in [5, 5.41) is 4.01. The van der Waals surface area contributed by atoms with Crippen LogP contribution in [0.3, 0.4) is 0 Å². The first-order valence-electron chi connectivity index (χ1n) is 5.11. The van der Waals surface area contributed by atoms with Crippen LogP contribution in [-0.4, -0.2) is 35.5 Å². The highest BCUT2D eigenvalue weighted by Gasteiger charge is 2.13. The predicted octanol–water partition coefficient (Wildman–Crippen LogP) is 0.829. The maximum absolute atomic E-state index is 11.3. The summed E-state index contributed by atoms with van der Waals surface area (Å²) < 4.78 is 24.2. The second-order valence-electron chi connectivity index (χ2n) is 3.66. The molecule has 6 heteroatoms. The minimum atomic E-state index is -2.99. The van der Waals surface area contributed by atoms with Crippen LogP contribution in [0.2, 0.25) is 0 Å². The van der Waals surface area contributed by atoms with Gasteiger partial charge in [-0.15, -0.1) is 0 Å². The van der Waals surface area contributed by atoms with Crippen LogP contribution in [0.15, 0.2) is 6.20 Å². The van der Waals surface area contributed by atoms with Crippen LogP contribution in [0.1, 0.15) is 29.9 Å². The van der Waals surface area contributed by atoms with Crippen molar-refractivity contribution in [1.29, 1.82) is 0 Å². The Morgan fingerprint density at radius 3 is 2.56 bits per heavy atom. The van der Waals surface area contributed by atoms with Gasteiger partial charge in [0.15, 0.2) is 15.6 Å². The zero-order valence-electron chi connectivity index (χ0n) is 9.73. The van der Waals surface area contributed by atoms with E-state index in [1.54, 1.807) is 18.5 Å². The van der Waals surface area contributed by atoms with E-state index in [1.165, 1.54) is 13.1 Å². The number of carbonyl (C=O) groups excluding carboxylic acids is 1. The summed E-state index contributed by atoms with van der Waals surface area (Å²) in [6.07, 6.45) is 1.48. The van der Waals surface area contributed by atoms with E-state index in [4.69, 9.17) is 0 Å². The molecule has 0 radical (unpaired) electrons. The first-order valence-corrected chi connectivity index (χ1v) is 6.93. The molecule has 0 unspecified atom stereocenters. The lowest BCUT2D eigenvalue weighted by molar-refractivity contribution is 0.101. The number of Topliss-reactive ketones (excluding diaryl/α,β-unsaturated/α-hetero) is 1. The van der Waals surface area contributed by atoms with Crippen molar-refractivity contribution in [3.63, 3.8) is 0 Å². The van der Waals surface area contributed by atoms with E-state index >= 15 is 0 Å². The normalized spacial score (nSPS) is 11.7. The van der Waals surface area contributed by atoms with Gasteiger partial charge in [-0.25, -0.2) is 8.42 Å². The highest BCUT2D eigenvalue weighted by Crippen LogP contribution is 2.08. The first-order chi connectivity index (χ1) is 7.37. The highest BCUT2D eigenvalue weighted by molar-refractivity contribution is 7.91. The summed E-state index contributed by atoms with van der Waals surface area (Å²) in [5.74, 6) is 0.137. The maximum atomic E-state index is 11.3. The van der Waals surface area contributed by atoms with Crippen LogP contribution < -0.4 is 0 Å². The van der Waals surface area contributed by atoms with Crippen LogP contribution in [0.4, 0.5) is 0 Å². The fourth-order valence-corrected chi connectivity index (χ4v) is 2.13. The van der Waals surface area contributed by atoms with Crippen molar-refractivity contribution >= 4 is 15.6 Å². The smallest absolute Gasteiger partial charge is 0.163 e. The van der Waals surface area contributed by atoms with Gasteiger partial charge in [-0.05, 0) is 13.8 Å². The van der Waals surface area contributed by atoms with Crippen LogP contribution in [0, 0.1) is 6.92 Å². The van der Waals surface area contributed by atoms with Crippen LogP contribution in [0.25, 0.3) is 0 Å². The molecule has 1 aromatic rings. The summed E-state index contributed by atoms with van der Waals surface area (Å²) >= 11 is 0. The third-order valence-electron chi connectivity index (χ3n) is 2.54. The van der Waals surface area contributed by atoms with Gasteiger partial charge in [0.25, 0.3) is 0 Å². The number of rotatable bonds is 5. The number of ketones is 1. The number of hydrogen-bond acceptors (Lipinski definition) is 4. The molecule has 0 fully saturated rings. The molecule has 0 atom stereocenters. The van der Waals surface area contributed by atoms with E-state index < -0.39 is 9.84 Å². The molecular weight excluding hydrogens is 228 g/mol. The number of aromatic nitrogens is 2. The first kappa shape index (κ1) is 12.9. The summed E-state index contributed by atoms with van der Waals surface area (Å²) in [6.45, 7) is 5.15. The van der Waals surface area contributed by atoms with Gasteiger partial charge in [-0.1, -0.05) is 6.92 Å². The SMILES string of the molecule is CCS(=O)(=O)CCn1ncc(C(C)=O)c1C. The highest BCUT2D eigenvalue weighted by atomic mass is 32.2. The number of hydrogen-bond donors (Lipinski definition) is 0. The molecule has 1 aromatic heterocycles. The molecule has 0 saturated heterocycles. The molecule has 90 valence electrons. The Labute approximate surface area is 95.4 Å². The Bertz CT molecular complexity index is 488. The third-order valence-corrected chi connectivity index (χ3v) is 4.22. The molecule has 0 saturated carbocycles. The van der Waals surface area contributed by atoms with Crippen molar-refractivity contribution < 1.29 is 13.2 Å². The van der Waals surface area contributed by atoms with Crippen LogP contribution in [-0.2, 0) is 16.4 Å². The second-order valence-corrected chi connectivity index (χ2v) is 6.13. The van der Waals surface area contributed by atoms with Gasteiger partial charge in [0, 0.05) is 11.4 Å². The fourth-order valence-electron chi connectivity index (χ4n) is 1.39. The van der Waals surface area contributed by atoms with Gasteiger partial charge in [-0.3, -0.25) is 9.48 Å². The minimum Gasteiger partial charge on any atom is -0.294 e. The van der Waals surface area contributed by atoms with Crippen molar-refractivity contribution in [3.8, 4) is 0 Å². The molecule has 0 aliphatic rings. The molecule has 0 aliphatic carbocycles. The van der Waals surface area contributed by atoms with E-state index in [-0.39, 0.29) is 17.3 Å². The van der Waals surface area contributed by atoms with Crippen LogP contribution in [0.5, 0.6) is 0 Å². The Kier molecular flexibility index (Phi) is 3.85. The van der Waals surface area contributed by atoms with Gasteiger partial charge in [0.2, 0.25) is 0 Å². The van der Waals surface area contributed by atoms with Crippen molar-refractivity contribution in [2.75, 3.05) is 11.5 Å². The average molecular weight is 244 g/mol. The number of carbonyl (C=O) groups is 1. The Balaban J connectivity index is 2.80.